The smallest absolute Gasteiger partial charge is 0.328 e. The minimum atomic E-state index is -1.16. The van der Waals surface area contributed by atoms with Crippen molar-refractivity contribution in [3.05, 3.63) is 42.5 Å². The Labute approximate surface area is 136 Å². The number of carboxylic acid groups (broad SMARTS) is 1. The molecule has 0 heterocycles. The second-order valence-corrected chi connectivity index (χ2v) is 5.01. The summed E-state index contributed by atoms with van der Waals surface area (Å²) in [6, 6.07) is 6.21. The van der Waals surface area contributed by atoms with E-state index in [4.69, 9.17) is 14.6 Å². The van der Waals surface area contributed by atoms with Crippen molar-refractivity contribution < 1.29 is 24.2 Å². The number of para-hydroxylation sites is 1. The van der Waals surface area contributed by atoms with Crippen LogP contribution in [0.2, 0.25) is 0 Å². The molecule has 2 N–H and O–H groups in total. The topological polar surface area (TPSA) is 84.9 Å². The van der Waals surface area contributed by atoms with Gasteiger partial charge in [0.1, 0.15) is 5.75 Å². The van der Waals surface area contributed by atoms with Gasteiger partial charge in [0.05, 0.1) is 13.2 Å². The van der Waals surface area contributed by atoms with E-state index in [1.165, 1.54) is 6.08 Å². The van der Waals surface area contributed by atoms with Gasteiger partial charge in [-0.3, -0.25) is 4.79 Å². The van der Waals surface area contributed by atoms with Gasteiger partial charge in [0, 0.05) is 0 Å². The SMILES string of the molecule is C=CCOCC(NC(=O)C(CC)Oc1ccccc1C)C(=O)O. The maximum Gasteiger partial charge on any atom is 0.328 e. The first-order chi connectivity index (χ1) is 11.0. The van der Waals surface area contributed by atoms with Crippen molar-refractivity contribution in [2.45, 2.75) is 32.4 Å². The molecule has 0 spiro atoms. The molecule has 0 aliphatic rings. The minimum absolute atomic E-state index is 0.131. The highest BCUT2D eigenvalue weighted by Gasteiger charge is 2.26. The van der Waals surface area contributed by atoms with Crippen molar-refractivity contribution in [1.82, 2.24) is 5.32 Å². The van der Waals surface area contributed by atoms with E-state index in [1.54, 1.807) is 13.0 Å². The average Bonchev–Trinajstić information content (AvgIpc) is 2.53. The molecule has 2 atom stereocenters. The monoisotopic (exact) mass is 321 g/mol. The first-order valence-electron chi connectivity index (χ1n) is 7.43. The molecule has 1 amide bonds. The van der Waals surface area contributed by atoms with Crippen LogP contribution in [0.1, 0.15) is 18.9 Å². The number of carboxylic acids is 1. The molecule has 6 nitrogen and oxygen atoms in total. The molecule has 0 aromatic heterocycles. The third-order valence-corrected chi connectivity index (χ3v) is 3.16. The molecule has 23 heavy (non-hydrogen) atoms. The predicted octanol–water partition coefficient (Wildman–Crippen LogP) is 1.92. The fraction of sp³-hybridized carbons (Fsp3) is 0.412. The summed E-state index contributed by atoms with van der Waals surface area (Å²) in [5, 5.41) is 11.6. The summed E-state index contributed by atoms with van der Waals surface area (Å²) in [5.41, 5.74) is 0.905. The van der Waals surface area contributed by atoms with Crippen LogP contribution in [0.5, 0.6) is 5.75 Å². The van der Waals surface area contributed by atoms with E-state index in [9.17, 15) is 9.59 Å². The van der Waals surface area contributed by atoms with Crippen LogP contribution in [-0.2, 0) is 14.3 Å². The van der Waals surface area contributed by atoms with E-state index < -0.39 is 24.0 Å². The molecule has 1 rings (SSSR count). The number of carbonyl (C=O) groups is 2. The highest BCUT2D eigenvalue weighted by Crippen LogP contribution is 2.18. The van der Waals surface area contributed by atoms with Crippen LogP contribution in [0.4, 0.5) is 0 Å². The lowest BCUT2D eigenvalue weighted by atomic mass is 10.2. The van der Waals surface area contributed by atoms with E-state index in [-0.39, 0.29) is 13.2 Å². The predicted molar refractivity (Wildman–Crippen MR) is 86.5 cm³/mol. The first kappa shape index (κ1) is 18.7. The molecule has 1 aromatic carbocycles. The number of aryl methyl sites for hydroxylation is 1. The van der Waals surface area contributed by atoms with Gasteiger partial charge in [0.25, 0.3) is 5.91 Å². The highest BCUT2D eigenvalue weighted by molar-refractivity contribution is 5.86. The fourth-order valence-corrected chi connectivity index (χ4v) is 1.87. The molecular weight excluding hydrogens is 298 g/mol. The highest BCUT2D eigenvalue weighted by atomic mass is 16.5. The van der Waals surface area contributed by atoms with E-state index in [0.29, 0.717) is 12.2 Å². The van der Waals surface area contributed by atoms with E-state index >= 15 is 0 Å². The molecule has 0 aliphatic carbocycles. The molecule has 126 valence electrons. The minimum Gasteiger partial charge on any atom is -0.480 e. The van der Waals surface area contributed by atoms with Crippen LogP contribution in [0, 0.1) is 6.92 Å². The Morgan fingerprint density at radius 3 is 2.65 bits per heavy atom. The zero-order chi connectivity index (χ0) is 17.2. The van der Waals surface area contributed by atoms with Gasteiger partial charge in [-0.25, -0.2) is 4.79 Å². The number of aliphatic carboxylic acids is 1. The molecule has 0 aliphatic heterocycles. The molecule has 6 heteroatoms. The van der Waals surface area contributed by atoms with Gasteiger partial charge < -0.3 is 19.9 Å². The second-order valence-electron chi connectivity index (χ2n) is 5.01. The summed E-state index contributed by atoms with van der Waals surface area (Å²) >= 11 is 0. The van der Waals surface area contributed by atoms with Crippen LogP contribution < -0.4 is 10.1 Å². The van der Waals surface area contributed by atoms with Gasteiger partial charge in [-0.2, -0.15) is 0 Å². The van der Waals surface area contributed by atoms with Crippen molar-refractivity contribution in [3.8, 4) is 5.75 Å². The summed E-state index contributed by atoms with van der Waals surface area (Å²) in [5.74, 6) is -1.04. The van der Waals surface area contributed by atoms with Crippen LogP contribution in [0.15, 0.2) is 36.9 Å². The Balaban J connectivity index is 2.69. The van der Waals surface area contributed by atoms with E-state index in [1.807, 2.05) is 25.1 Å². The van der Waals surface area contributed by atoms with Crippen molar-refractivity contribution in [2.75, 3.05) is 13.2 Å². The quantitative estimate of drug-likeness (QED) is 0.508. The summed E-state index contributed by atoms with van der Waals surface area (Å²) < 4.78 is 10.8. The molecule has 1 aromatic rings. The van der Waals surface area contributed by atoms with Crippen LogP contribution in [-0.4, -0.2) is 42.3 Å². The lowest BCUT2D eigenvalue weighted by molar-refractivity contribution is -0.144. The molecule has 0 saturated carbocycles. The number of rotatable bonds is 10. The zero-order valence-corrected chi connectivity index (χ0v) is 13.5. The largest absolute Gasteiger partial charge is 0.480 e. The third-order valence-electron chi connectivity index (χ3n) is 3.16. The summed E-state index contributed by atoms with van der Waals surface area (Å²) in [4.78, 5) is 23.5. The Kier molecular flexibility index (Phi) is 7.83. The zero-order valence-electron chi connectivity index (χ0n) is 13.5. The lowest BCUT2D eigenvalue weighted by Crippen LogP contribution is -2.49. The normalized spacial score (nSPS) is 13.0. The van der Waals surface area contributed by atoms with Crippen LogP contribution >= 0.6 is 0 Å². The number of hydrogen-bond donors (Lipinski definition) is 2. The van der Waals surface area contributed by atoms with Crippen molar-refractivity contribution in [2.24, 2.45) is 0 Å². The average molecular weight is 321 g/mol. The van der Waals surface area contributed by atoms with Gasteiger partial charge >= 0.3 is 5.97 Å². The lowest BCUT2D eigenvalue weighted by Gasteiger charge is -2.21. The van der Waals surface area contributed by atoms with E-state index in [2.05, 4.69) is 11.9 Å². The Hall–Kier alpha value is -2.34. The third kappa shape index (κ3) is 6.12. The molecule has 0 bridgehead atoms. The van der Waals surface area contributed by atoms with Gasteiger partial charge in [-0.1, -0.05) is 31.2 Å². The van der Waals surface area contributed by atoms with Gasteiger partial charge in [0.15, 0.2) is 12.1 Å². The van der Waals surface area contributed by atoms with Crippen molar-refractivity contribution in [3.63, 3.8) is 0 Å². The van der Waals surface area contributed by atoms with Crippen LogP contribution in [0.3, 0.4) is 0 Å². The van der Waals surface area contributed by atoms with Crippen molar-refractivity contribution >= 4 is 11.9 Å². The summed E-state index contributed by atoms with van der Waals surface area (Å²) in [6.45, 7) is 7.24. The number of benzene rings is 1. The first-order valence-corrected chi connectivity index (χ1v) is 7.43. The van der Waals surface area contributed by atoms with Gasteiger partial charge in [-0.05, 0) is 25.0 Å². The number of hydrogen-bond acceptors (Lipinski definition) is 4. The van der Waals surface area contributed by atoms with Gasteiger partial charge in [-0.15, -0.1) is 6.58 Å². The number of carbonyl (C=O) groups excluding carboxylic acids is 1. The number of amides is 1. The second kappa shape index (κ2) is 9.63. The number of ether oxygens (including phenoxy) is 2. The molecule has 0 saturated heterocycles. The van der Waals surface area contributed by atoms with E-state index in [0.717, 1.165) is 5.56 Å². The molecule has 0 fully saturated rings. The fourth-order valence-electron chi connectivity index (χ4n) is 1.87. The Bertz CT molecular complexity index is 544. The molecular formula is C17H23NO5. The summed E-state index contributed by atoms with van der Waals surface area (Å²) in [6.07, 6.45) is 1.16. The molecule has 0 radical (unpaired) electrons. The standard InChI is InChI=1S/C17H23NO5/c1-4-10-22-11-13(17(20)21)18-16(19)14(5-2)23-15-9-7-6-8-12(15)3/h4,6-9,13-14H,1,5,10-11H2,2-3H3,(H,18,19)(H,20,21). The van der Waals surface area contributed by atoms with Crippen molar-refractivity contribution in [1.29, 1.82) is 0 Å². The van der Waals surface area contributed by atoms with Crippen LogP contribution in [0.25, 0.3) is 0 Å². The van der Waals surface area contributed by atoms with Gasteiger partial charge in [0.2, 0.25) is 0 Å². The molecule has 2 unspecified atom stereocenters. The maximum atomic E-state index is 12.3. The Morgan fingerprint density at radius 1 is 1.39 bits per heavy atom. The summed E-state index contributed by atoms with van der Waals surface area (Å²) in [7, 11) is 0. The Morgan fingerprint density at radius 2 is 2.09 bits per heavy atom. The maximum absolute atomic E-state index is 12.3. The number of nitrogens with one attached hydrogen (secondary N) is 1.